The third-order valence-corrected chi connectivity index (χ3v) is 8.07. The fourth-order valence-corrected chi connectivity index (χ4v) is 6.21. The summed E-state index contributed by atoms with van der Waals surface area (Å²) in [6.45, 7) is 1.04. The predicted molar refractivity (Wildman–Crippen MR) is 108 cm³/mol. The molecule has 2 aliphatic rings. The maximum Gasteiger partial charge on any atom is 0.244 e. The van der Waals surface area contributed by atoms with Gasteiger partial charge in [-0.1, -0.05) is 19.3 Å². The molecule has 1 N–H and O–H groups in total. The summed E-state index contributed by atoms with van der Waals surface area (Å²) in [5.74, 6) is -0.399. The Morgan fingerprint density at radius 2 is 1.86 bits per heavy atom. The molecule has 1 aliphatic heterocycles. The van der Waals surface area contributed by atoms with E-state index >= 15 is 0 Å². The van der Waals surface area contributed by atoms with E-state index in [1.54, 1.807) is 30.7 Å². The van der Waals surface area contributed by atoms with Crippen LogP contribution in [-0.2, 0) is 21.4 Å². The van der Waals surface area contributed by atoms with Crippen LogP contribution < -0.4 is 5.32 Å². The first-order chi connectivity index (χ1) is 14.0. The van der Waals surface area contributed by atoms with Crippen LogP contribution >= 0.6 is 0 Å². The van der Waals surface area contributed by atoms with Crippen LogP contribution in [0.2, 0.25) is 0 Å². The van der Waals surface area contributed by atoms with Gasteiger partial charge < -0.3 is 5.32 Å². The van der Waals surface area contributed by atoms with Crippen LogP contribution in [0.1, 0.15) is 37.7 Å². The zero-order valence-electron chi connectivity index (χ0n) is 16.3. The molecule has 1 saturated heterocycles. The fourth-order valence-electron chi connectivity index (χ4n) is 4.69. The molecule has 1 aliphatic carbocycles. The van der Waals surface area contributed by atoms with Crippen molar-refractivity contribution in [3.63, 3.8) is 0 Å². The highest BCUT2D eigenvalue weighted by molar-refractivity contribution is 7.89. The van der Waals surface area contributed by atoms with Crippen molar-refractivity contribution in [2.45, 2.75) is 43.5 Å². The number of nitrogens with zero attached hydrogens (tertiary/aromatic N) is 3. The van der Waals surface area contributed by atoms with Gasteiger partial charge in [0, 0.05) is 44.4 Å². The van der Waals surface area contributed by atoms with Crippen LogP contribution in [0.15, 0.2) is 53.9 Å². The third-order valence-electron chi connectivity index (χ3n) is 6.27. The lowest BCUT2D eigenvalue weighted by Crippen LogP contribution is -2.42. The average molecular weight is 415 g/mol. The van der Waals surface area contributed by atoms with E-state index in [-0.39, 0.29) is 28.7 Å². The van der Waals surface area contributed by atoms with Gasteiger partial charge >= 0.3 is 0 Å². The van der Waals surface area contributed by atoms with Crippen molar-refractivity contribution in [1.29, 1.82) is 0 Å². The Bertz CT molecular complexity index is 944. The van der Waals surface area contributed by atoms with Crippen molar-refractivity contribution in [2.24, 2.45) is 11.3 Å². The van der Waals surface area contributed by atoms with E-state index in [0.717, 1.165) is 37.7 Å². The molecule has 0 aromatic carbocycles. The largest absolute Gasteiger partial charge is 0.352 e. The summed E-state index contributed by atoms with van der Waals surface area (Å²) in [4.78, 5) is 21.3. The zero-order chi connectivity index (χ0) is 20.3. The number of rotatable bonds is 5. The van der Waals surface area contributed by atoms with Gasteiger partial charge in [-0.2, -0.15) is 4.31 Å². The van der Waals surface area contributed by atoms with E-state index < -0.39 is 10.0 Å². The number of nitrogens with one attached hydrogen (secondary N) is 1. The molecule has 4 rings (SSSR count). The summed E-state index contributed by atoms with van der Waals surface area (Å²) in [5, 5.41) is 3.02. The maximum absolute atomic E-state index is 13.2. The highest BCUT2D eigenvalue weighted by Gasteiger charge is 2.53. The predicted octanol–water partition coefficient (Wildman–Crippen LogP) is 2.36. The number of sulfonamides is 1. The van der Waals surface area contributed by atoms with Gasteiger partial charge in [0.15, 0.2) is 0 Å². The first kappa shape index (κ1) is 20.0. The molecule has 8 heteroatoms. The van der Waals surface area contributed by atoms with Gasteiger partial charge in [-0.05, 0) is 48.1 Å². The molecular weight excluding hydrogens is 388 g/mol. The van der Waals surface area contributed by atoms with E-state index in [9.17, 15) is 13.2 Å². The molecule has 154 valence electrons. The standard InChI is InChI=1S/C21H26N4O3S/c26-20(24-13-17-6-11-22-12-7-17)19-15-25(16-21(19)8-2-1-3-9-21)29(27,28)18-5-4-10-23-14-18/h4-7,10-12,14,19H,1-3,8-9,13,15-16H2,(H,24,26)/t19-/m1/s1. The summed E-state index contributed by atoms with van der Waals surface area (Å²) in [7, 11) is -3.67. The number of carbonyl (C=O) groups excluding carboxylic acids is 1. The van der Waals surface area contributed by atoms with E-state index in [0.29, 0.717) is 13.1 Å². The minimum Gasteiger partial charge on any atom is -0.352 e. The highest BCUT2D eigenvalue weighted by Crippen LogP contribution is 2.48. The lowest BCUT2D eigenvalue weighted by Gasteiger charge is -2.37. The lowest BCUT2D eigenvalue weighted by atomic mass is 9.67. The first-order valence-corrected chi connectivity index (χ1v) is 11.5. The number of hydrogen-bond donors (Lipinski definition) is 1. The number of hydrogen-bond acceptors (Lipinski definition) is 5. The molecule has 7 nitrogen and oxygen atoms in total. The lowest BCUT2D eigenvalue weighted by molar-refractivity contribution is -0.128. The maximum atomic E-state index is 13.2. The summed E-state index contributed by atoms with van der Waals surface area (Å²) < 4.78 is 27.8. The second-order valence-electron chi connectivity index (χ2n) is 8.04. The molecule has 0 radical (unpaired) electrons. The van der Waals surface area contributed by atoms with E-state index in [1.807, 2.05) is 12.1 Å². The molecule has 0 unspecified atom stereocenters. The molecule has 29 heavy (non-hydrogen) atoms. The molecular formula is C21H26N4O3S. The van der Waals surface area contributed by atoms with E-state index in [1.165, 1.54) is 10.5 Å². The third kappa shape index (κ3) is 4.04. The van der Waals surface area contributed by atoms with E-state index in [2.05, 4.69) is 15.3 Å². The number of carbonyl (C=O) groups is 1. The normalized spacial score (nSPS) is 21.9. The summed E-state index contributed by atoms with van der Waals surface area (Å²) in [5.41, 5.74) is 0.694. The Morgan fingerprint density at radius 3 is 2.55 bits per heavy atom. The van der Waals surface area contributed by atoms with Gasteiger partial charge in [0.25, 0.3) is 0 Å². The van der Waals surface area contributed by atoms with Crippen LogP contribution in [0.3, 0.4) is 0 Å². The van der Waals surface area contributed by atoms with Gasteiger partial charge in [0.2, 0.25) is 15.9 Å². The fraction of sp³-hybridized carbons (Fsp3) is 0.476. The molecule has 1 atom stereocenters. The van der Waals surface area contributed by atoms with E-state index in [4.69, 9.17) is 0 Å². The van der Waals surface area contributed by atoms with Crippen molar-refractivity contribution < 1.29 is 13.2 Å². The monoisotopic (exact) mass is 414 g/mol. The SMILES string of the molecule is O=C(NCc1ccncc1)[C@H]1CN(S(=O)(=O)c2cccnc2)CC12CCCCC2. The Morgan fingerprint density at radius 1 is 1.10 bits per heavy atom. The topological polar surface area (TPSA) is 92.3 Å². The molecule has 1 spiro atoms. The number of amides is 1. The van der Waals surface area contributed by atoms with Crippen molar-refractivity contribution in [3.8, 4) is 0 Å². The van der Waals surface area contributed by atoms with Crippen molar-refractivity contribution >= 4 is 15.9 Å². The quantitative estimate of drug-likeness (QED) is 0.811. The molecule has 3 heterocycles. The first-order valence-electron chi connectivity index (χ1n) is 10.1. The number of pyridine rings is 2. The number of aromatic nitrogens is 2. The second kappa shape index (κ2) is 8.20. The molecule has 2 aromatic rings. The van der Waals surface area contributed by atoms with Crippen LogP contribution in [-0.4, -0.2) is 41.7 Å². The van der Waals surface area contributed by atoms with Gasteiger partial charge in [0.05, 0.1) is 5.92 Å². The van der Waals surface area contributed by atoms with Crippen molar-refractivity contribution in [3.05, 3.63) is 54.6 Å². The molecule has 2 fully saturated rings. The van der Waals surface area contributed by atoms with Gasteiger partial charge in [0.1, 0.15) is 4.90 Å². The Balaban J connectivity index is 1.55. The average Bonchev–Trinajstić information content (AvgIpc) is 3.13. The van der Waals surface area contributed by atoms with Gasteiger partial charge in [-0.15, -0.1) is 0 Å². The van der Waals surface area contributed by atoms with Crippen LogP contribution in [0, 0.1) is 11.3 Å². The molecule has 2 aromatic heterocycles. The molecule has 0 bridgehead atoms. The second-order valence-corrected chi connectivity index (χ2v) is 9.97. The summed E-state index contributed by atoms with van der Waals surface area (Å²) in [6.07, 6.45) is 11.3. The van der Waals surface area contributed by atoms with Crippen LogP contribution in [0.5, 0.6) is 0 Å². The highest BCUT2D eigenvalue weighted by atomic mass is 32.2. The minimum absolute atomic E-state index is 0.0624. The molecule has 1 saturated carbocycles. The van der Waals surface area contributed by atoms with Crippen molar-refractivity contribution in [1.82, 2.24) is 19.6 Å². The van der Waals surface area contributed by atoms with Crippen LogP contribution in [0.25, 0.3) is 0 Å². The van der Waals surface area contributed by atoms with Gasteiger partial charge in [-0.25, -0.2) is 8.42 Å². The van der Waals surface area contributed by atoms with Crippen molar-refractivity contribution in [2.75, 3.05) is 13.1 Å². The Labute approximate surface area is 171 Å². The smallest absolute Gasteiger partial charge is 0.244 e. The van der Waals surface area contributed by atoms with Crippen LogP contribution in [0.4, 0.5) is 0 Å². The summed E-state index contributed by atoms with van der Waals surface area (Å²) >= 11 is 0. The Kier molecular flexibility index (Phi) is 5.65. The summed E-state index contributed by atoms with van der Waals surface area (Å²) in [6, 6.07) is 6.92. The van der Waals surface area contributed by atoms with Gasteiger partial charge in [-0.3, -0.25) is 14.8 Å². The molecule has 1 amide bonds. The minimum atomic E-state index is -3.67. The zero-order valence-corrected chi connectivity index (χ0v) is 17.1. The Hall–Kier alpha value is -2.32.